The minimum absolute atomic E-state index is 0.0560. The molecule has 3 aromatic rings. The van der Waals surface area contributed by atoms with Gasteiger partial charge in [-0.25, -0.2) is 0 Å². The molecule has 3 rings (SSSR count). The number of amides is 1. The Balaban J connectivity index is 1.57. The summed E-state index contributed by atoms with van der Waals surface area (Å²) in [5, 5.41) is 12.8. The summed E-state index contributed by atoms with van der Waals surface area (Å²) in [5.41, 5.74) is 1.95. The van der Waals surface area contributed by atoms with Crippen LogP contribution in [-0.2, 0) is 17.9 Å². The summed E-state index contributed by atoms with van der Waals surface area (Å²) >= 11 is 7.32. The van der Waals surface area contributed by atoms with Crippen LogP contribution in [-0.4, -0.2) is 33.5 Å². The summed E-state index contributed by atoms with van der Waals surface area (Å²) in [6.45, 7) is 3.21. The smallest absolute Gasteiger partial charge is 0.230 e. The van der Waals surface area contributed by atoms with Gasteiger partial charge in [-0.05, 0) is 48.9 Å². The van der Waals surface area contributed by atoms with E-state index >= 15 is 0 Å². The van der Waals surface area contributed by atoms with Gasteiger partial charge in [-0.1, -0.05) is 35.5 Å². The highest BCUT2D eigenvalue weighted by Gasteiger charge is 2.14. The summed E-state index contributed by atoms with van der Waals surface area (Å²) in [7, 11) is 1.63. The monoisotopic (exact) mass is 416 g/mol. The molecule has 0 aliphatic heterocycles. The molecular weight excluding hydrogens is 396 g/mol. The van der Waals surface area contributed by atoms with Gasteiger partial charge in [-0.2, -0.15) is 0 Å². The molecule has 146 valence electrons. The first-order chi connectivity index (χ1) is 13.6. The molecule has 28 heavy (non-hydrogen) atoms. The number of carbonyl (C=O) groups excluding carboxylic acids is 1. The Hall–Kier alpha value is -2.51. The van der Waals surface area contributed by atoms with Crippen molar-refractivity contribution < 1.29 is 9.53 Å². The summed E-state index contributed by atoms with van der Waals surface area (Å²) in [4.78, 5) is 12.2. The highest BCUT2D eigenvalue weighted by atomic mass is 35.5. The lowest BCUT2D eigenvalue weighted by Crippen LogP contribution is -2.24. The number of benzene rings is 2. The van der Waals surface area contributed by atoms with E-state index in [2.05, 4.69) is 15.5 Å². The Labute approximate surface area is 173 Å². The zero-order valence-corrected chi connectivity index (χ0v) is 17.3. The van der Waals surface area contributed by atoms with Crippen molar-refractivity contribution in [3.63, 3.8) is 0 Å². The molecule has 1 N–H and O–H groups in total. The third-order valence-corrected chi connectivity index (χ3v) is 5.34. The molecule has 1 amide bonds. The lowest BCUT2D eigenvalue weighted by atomic mass is 10.2. The molecule has 0 unspecified atom stereocenters. The Bertz CT molecular complexity index is 926. The molecule has 0 fully saturated rings. The molecule has 0 radical (unpaired) electrons. The number of nitrogens with zero attached hydrogens (tertiary/aromatic N) is 3. The topological polar surface area (TPSA) is 69.0 Å². The maximum Gasteiger partial charge on any atom is 0.230 e. The number of nitrogens with one attached hydrogen (secondary N) is 1. The second-order valence-electron chi connectivity index (χ2n) is 5.97. The van der Waals surface area contributed by atoms with Crippen LogP contribution >= 0.6 is 23.4 Å². The molecule has 0 bridgehead atoms. The minimum atomic E-state index is -0.0560. The molecule has 0 saturated carbocycles. The molecular formula is C20H21ClN4O2S. The fourth-order valence-electron chi connectivity index (χ4n) is 2.62. The summed E-state index contributed by atoms with van der Waals surface area (Å²) in [6, 6.07) is 15.1. The minimum Gasteiger partial charge on any atom is -0.497 e. The van der Waals surface area contributed by atoms with E-state index in [9.17, 15) is 4.79 Å². The van der Waals surface area contributed by atoms with Gasteiger partial charge in [0.25, 0.3) is 0 Å². The standard InChI is InChI=1S/C20H21ClN4O2S/c1-3-25-19(15-6-8-16(21)9-7-15)23-24-20(25)28-13-18(26)22-12-14-4-10-17(27-2)11-5-14/h4-11H,3,12-13H2,1-2H3,(H,22,26). The van der Waals surface area contributed by atoms with Crippen LogP contribution in [0, 0.1) is 0 Å². The molecule has 0 saturated heterocycles. The summed E-state index contributed by atoms with van der Waals surface area (Å²) in [5.74, 6) is 1.77. The number of rotatable bonds is 8. The van der Waals surface area contributed by atoms with E-state index < -0.39 is 0 Å². The second kappa shape index (κ2) is 9.61. The zero-order chi connectivity index (χ0) is 19.9. The molecule has 0 aliphatic rings. The normalized spacial score (nSPS) is 10.7. The van der Waals surface area contributed by atoms with Crippen LogP contribution in [0.3, 0.4) is 0 Å². The quantitative estimate of drug-likeness (QED) is 0.561. The van der Waals surface area contributed by atoms with E-state index in [-0.39, 0.29) is 11.7 Å². The number of ether oxygens (including phenoxy) is 1. The fourth-order valence-corrected chi connectivity index (χ4v) is 3.58. The van der Waals surface area contributed by atoms with Crippen molar-refractivity contribution in [1.82, 2.24) is 20.1 Å². The fraction of sp³-hybridized carbons (Fsp3) is 0.250. The Morgan fingerprint density at radius 3 is 2.50 bits per heavy atom. The first-order valence-corrected chi connectivity index (χ1v) is 10.2. The molecule has 6 nitrogen and oxygen atoms in total. The Kier molecular flexibility index (Phi) is 6.95. The molecule has 1 heterocycles. The molecule has 0 spiro atoms. The average Bonchev–Trinajstić information content (AvgIpc) is 3.14. The van der Waals surface area contributed by atoms with Gasteiger partial charge in [-0.3, -0.25) is 4.79 Å². The van der Waals surface area contributed by atoms with Crippen molar-refractivity contribution in [3.05, 3.63) is 59.1 Å². The number of hydrogen-bond donors (Lipinski definition) is 1. The first-order valence-electron chi connectivity index (χ1n) is 8.82. The maximum absolute atomic E-state index is 12.2. The number of carbonyl (C=O) groups is 1. The highest BCUT2D eigenvalue weighted by molar-refractivity contribution is 7.99. The van der Waals surface area contributed by atoms with Gasteiger partial charge in [0.2, 0.25) is 5.91 Å². The number of aromatic nitrogens is 3. The van der Waals surface area contributed by atoms with Gasteiger partial charge in [-0.15, -0.1) is 10.2 Å². The van der Waals surface area contributed by atoms with Gasteiger partial charge >= 0.3 is 0 Å². The SMILES string of the molecule is CCn1c(SCC(=O)NCc2ccc(OC)cc2)nnc1-c1ccc(Cl)cc1. The van der Waals surface area contributed by atoms with Gasteiger partial charge < -0.3 is 14.6 Å². The van der Waals surface area contributed by atoms with Crippen molar-refractivity contribution in [3.8, 4) is 17.1 Å². The van der Waals surface area contributed by atoms with Crippen LogP contribution < -0.4 is 10.1 Å². The molecule has 1 aromatic heterocycles. The van der Waals surface area contributed by atoms with Crippen LogP contribution in [0.2, 0.25) is 5.02 Å². The van der Waals surface area contributed by atoms with Crippen molar-refractivity contribution in [1.29, 1.82) is 0 Å². The van der Waals surface area contributed by atoms with Crippen LogP contribution in [0.5, 0.6) is 5.75 Å². The van der Waals surface area contributed by atoms with Crippen LogP contribution in [0.15, 0.2) is 53.7 Å². The first kappa shape index (κ1) is 20.2. The van der Waals surface area contributed by atoms with Crippen LogP contribution in [0.1, 0.15) is 12.5 Å². The van der Waals surface area contributed by atoms with Gasteiger partial charge in [0.15, 0.2) is 11.0 Å². The lowest BCUT2D eigenvalue weighted by Gasteiger charge is -2.08. The van der Waals surface area contributed by atoms with Crippen LogP contribution in [0.25, 0.3) is 11.4 Å². The van der Waals surface area contributed by atoms with Crippen molar-refractivity contribution in [2.75, 3.05) is 12.9 Å². The largest absolute Gasteiger partial charge is 0.497 e. The lowest BCUT2D eigenvalue weighted by molar-refractivity contribution is -0.118. The van der Waals surface area contributed by atoms with Gasteiger partial charge in [0, 0.05) is 23.7 Å². The zero-order valence-electron chi connectivity index (χ0n) is 15.7. The van der Waals surface area contributed by atoms with Crippen molar-refractivity contribution in [2.24, 2.45) is 0 Å². The Morgan fingerprint density at radius 1 is 1.14 bits per heavy atom. The predicted molar refractivity (Wildman–Crippen MR) is 112 cm³/mol. The van der Waals surface area contributed by atoms with E-state index in [1.807, 2.05) is 60.0 Å². The maximum atomic E-state index is 12.2. The van der Waals surface area contributed by atoms with Crippen molar-refractivity contribution >= 4 is 29.3 Å². The second-order valence-corrected chi connectivity index (χ2v) is 7.35. The van der Waals surface area contributed by atoms with E-state index in [0.717, 1.165) is 22.7 Å². The third-order valence-electron chi connectivity index (χ3n) is 4.12. The molecule has 8 heteroatoms. The highest BCUT2D eigenvalue weighted by Crippen LogP contribution is 2.25. The number of thioether (sulfide) groups is 1. The van der Waals surface area contributed by atoms with E-state index in [4.69, 9.17) is 16.3 Å². The van der Waals surface area contributed by atoms with E-state index in [1.165, 1.54) is 11.8 Å². The van der Waals surface area contributed by atoms with E-state index in [1.54, 1.807) is 7.11 Å². The third kappa shape index (κ3) is 5.05. The summed E-state index contributed by atoms with van der Waals surface area (Å²) < 4.78 is 7.12. The van der Waals surface area contributed by atoms with Gasteiger partial charge in [0.1, 0.15) is 5.75 Å². The number of hydrogen-bond acceptors (Lipinski definition) is 5. The summed E-state index contributed by atoms with van der Waals surface area (Å²) in [6.07, 6.45) is 0. The number of methoxy groups -OCH3 is 1. The molecule has 2 aromatic carbocycles. The van der Waals surface area contributed by atoms with E-state index in [0.29, 0.717) is 23.3 Å². The molecule has 0 atom stereocenters. The van der Waals surface area contributed by atoms with Crippen molar-refractivity contribution in [2.45, 2.75) is 25.2 Å². The van der Waals surface area contributed by atoms with Gasteiger partial charge in [0.05, 0.1) is 12.9 Å². The number of halogens is 1. The average molecular weight is 417 g/mol. The van der Waals surface area contributed by atoms with Crippen LogP contribution in [0.4, 0.5) is 0 Å². The predicted octanol–water partition coefficient (Wildman–Crippen LogP) is 4.04. The Morgan fingerprint density at radius 2 is 1.86 bits per heavy atom. The molecule has 0 aliphatic carbocycles.